The Morgan fingerprint density at radius 3 is 2.60 bits per heavy atom. The zero-order valence-electron chi connectivity index (χ0n) is 11.6. The second kappa shape index (κ2) is 5.55. The summed E-state index contributed by atoms with van der Waals surface area (Å²) in [6.45, 7) is 5.55. The minimum atomic E-state index is -0.905. The average Bonchev–Trinajstić information content (AvgIpc) is 2.64. The van der Waals surface area contributed by atoms with E-state index in [1.165, 1.54) is 0 Å². The molecule has 0 aliphatic rings. The molecular weight excluding hydrogens is 274 g/mol. The van der Waals surface area contributed by atoms with E-state index in [0.29, 0.717) is 10.6 Å². The zero-order valence-corrected chi connectivity index (χ0v) is 12.4. The molecule has 2 aromatic rings. The van der Waals surface area contributed by atoms with Crippen LogP contribution in [0.2, 0.25) is 5.02 Å². The van der Waals surface area contributed by atoms with Gasteiger partial charge in [0.1, 0.15) is 0 Å². The van der Waals surface area contributed by atoms with Gasteiger partial charge in [0, 0.05) is 27.7 Å². The molecule has 0 saturated heterocycles. The van der Waals surface area contributed by atoms with Gasteiger partial charge in [-0.3, -0.25) is 0 Å². The first-order valence-corrected chi connectivity index (χ1v) is 6.64. The van der Waals surface area contributed by atoms with Gasteiger partial charge in [0.15, 0.2) is 0 Å². The summed E-state index contributed by atoms with van der Waals surface area (Å²) in [5, 5.41) is 9.65. The minimum absolute atomic E-state index is 0.316. The number of rotatable bonds is 3. The fraction of sp³-hybridized carbons (Fsp3) is 0.188. The van der Waals surface area contributed by atoms with E-state index in [0.717, 1.165) is 22.6 Å². The van der Waals surface area contributed by atoms with Crippen LogP contribution in [0.5, 0.6) is 0 Å². The normalized spacial score (nSPS) is 11.7. The van der Waals surface area contributed by atoms with E-state index in [-0.39, 0.29) is 0 Å². The van der Waals surface area contributed by atoms with Crippen molar-refractivity contribution in [3.8, 4) is 5.69 Å². The fourth-order valence-electron chi connectivity index (χ4n) is 2.24. The van der Waals surface area contributed by atoms with E-state index in [9.17, 15) is 4.79 Å². The molecule has 0 aliphatic heterocycles. The van der Waals surface area contributed by atoms with E-state index >= 15 is 0 Å². The average molecular weight is 290 g/mol. The summed E-state index contributed by atoms with van der Waals surface area (Å²) in [6, 6.07) is 9.56. The van der Waals surface area contributed by atoms with Crippen LogP contribution < -0.4 is 0 Å². The van der Waals surface area contributed by atoms with Gasteiger partial charge in [-0.25, -0.2) is 4.79 Å². The van der Waals surface area contributed by atoms with Gasteiger partial charge >= 0.3 is 5.97 Å². The van der Waals surface area contributed by atoms with Crippen LogP contribution in [0.25, 0.3) is 11.8 Å². The number of carbonyl (C=O) groups is 1. The molecule has 0 aliphatic carbocycles. The predicted octanol–water partition coefficient (Wildman–Crippen LogP) is 4.24. The molecule has 104 valence electrons. The highest BCUT2D eigenvalue weighted by molar-refractivity contribution is 6.30. The van der Waals surface area contributed by atoms with Crippen molar-refractivity contribution in [3.63, 3.8) is 0 Å². The quantitative estimate of drug-likeness (QED) is 0.859. The molecule has 0 fully saturated rings. The molecule has 1 aromatic carbocycles. The van der Waals surface area contributed by atoms with Crippen LogP contribution in [-0.4, -0.2) is 15.6 Å². The highest BCUT2D eigenvalue weighted by atomic mass is 35.5. The van der Waals surface area contributed by atoms with Gasteiger partial charge in [-0.2, -0.15) is 0 Å². The summed E-state index contributed by atoms with van der Waals surface area (Å²) in [5.41, 5.74) is 4.22. The summed E-state index contributed by atoms with van der Waals surface area (Å²) in [7, 11) is 0. The number of hydrogen-bond acceptors (Lipinski definition) is 1. The molecule has 0 unspecified atom stereocenters. The van der Waals surface area contributed by atoms with E-state index < -0.39 is 5.97 Å². The Labute approximate surface area is 123 Å². The van der Waals surface area contributed by atoms with Crippen LogP contribution in [0.1, 0.15) is 23.9 Å². The molecular formula is C16H16ClNO2. The van der Waals surface area contributed by atoms with Crippen molar-refractivity contribution >= 4 is 23.6 Å². The standard InChI is InChI=1S/C16H16ClNO2/c1-10(16(19)20)7-13-8-11(2)18(12(13)3)15-6-4-5-14(17)9-15/h4-9H,1-3H3,(H,19,20)/b10-7+. The third-order valence-electron chi connectivity index (χ3n) is 3.25. The second-order valence-electron chi connectivity index (χ2n) is 4.77. The van der Waals surface area contributed by atoms with Crippen molar-refractivity contribution in [2.75, 3.05) is 0 Å². The van der Waals surface area contributed by atoms with Crippen molar-refractivity contribution in [3.05, 3.63) is 57.9 Å². The number of nitrogens with zero attached hydrogens (tertiary/aromatic N) is 1. The van der Waals surface area contributed by atoms with E-state index in [1.54, 1.807) is 13.0 Å². The first-order valence-electron chi connectivity index (χ1n) is 6.26. The maximum absolute atomic E-state index is 10.9. The highest BCUT2D eigenvalue weighted by Crippen LogP contribution is 2.24. The van der Waals surface area contributed by atoms with Crippen LogP contribution in [0.15, 0.2) is 35.9 Å². The molecule has 0 bridgehead atoms. The molecule has 0 radical (unpaired) electrons. The number of carboxylic acid groups (broad SMARTS) is 1. The third-order valence-corrected chi connectivity index (χ3v) is 3.48. The molecule has 1 aromatic heterocycles. The molecule has 20 heavy (non-hydrogen) atoms. The first kappa shape index (κ1) is 14.4. The Morgan fingerprint density at radius 1 is 1.30 bits per heavy atom. The van der Waals surface area contributed by atoms with Crippen molar-refractivity contribution in [1.29, 1.82) is 0 Å². The van der Waals surface area contributed by atoms with Gasteiger partial charge in [-0.05, 0) is 56.7 Å². The first-order chi connectivity index (χ1) is 9.40. The van der Waals surface area contributed by atoms with Crippen molar-refractivity contribution in [1.82, 2.24) is 4.57 Å². The maximum atomic E-state index is 10.9. The topological polar surface area (TPSA) is 42.2 Å². The second-order valence-corrected chi connectivity index (χ2v) is 5.21. The summed E-state index contributed by atoms with van der Waals surface area (Å²) >= 11 is 6.03. The molecule has 0 spiro atoms. The Kier molecular flexibility index (Phi) is 4.00. The molecule has 0 saturated carbocycles. The fourth-order valence-corrected chi connectivity index (χ4v) is 2.43. The van der Waals surface area contributed by atoms with Crippen LogP contribution in [-0.2, 0) is 4.79 Å². The van der Waals surface area contributed by atoms with Crippen LogP contribution >= 0.6 is 11.6 Å². The Balaban J connectivity index is 2.55. The summed E-state index contributed by atoms with van der Waals surface area (Å²) in [4.78, 5) is 10.9. The van der Waals surface area contributed by atoms with E-state index in [2.05, 4.69) is 4.57 Å². The van der Waals surface area contributed by atoms with E-state index in [1.807, 2.05) is 44.2 Å². The number of carboxylic acids is 1. The SMILES string of the molecule is C/C(=C\c1cc(C)n(-c2cccc(Cl)c2)c1C)C(=O)O. The Morgan fingerprint density at radius 2 is 2.00 bits per heavy atom. The smallest absolute Gasteiger partial charge is 0.331 e. The molecule has 4 heteroatoms. The molecule has 2 rings (SSSR count). The largest absolute Gasteiger partial charge is 0.478 e. The van der Waals surface area contributed by atoms with Gasteiger partial charge in [-0.1, -0.05) is 17.7 Å². The van der Waals surface area contributed by atoms with Crippen LogP contribution in [0, 0.1) is 13.8 Å². The third kappa shape index (κ3) is 2.78. The van der Waals surface area contributed by atoms with E-state index in [4.69, 9.17) is 16.7 Å². The lowest BCUT2D eigenvalue weighted by atomic mass is 10.1. The molecule has 1 heterocycles. The van der Waals surface area contributed by atoms with Gasteiger partial charge in [0.05, 0.1) is 0 Å². The number of halogens is 1. The van der Waals surface area contributed by atoms with Gasteiger partial charge in [0.2, 0.25) is 0 Å². The number of hydrogen-bond donors (Lipinski definition) is 1. The lowest BCUT2D eigenvalue weighted by Gasteiger charge is -2.10. The van der Waals surface area contributed by atoms with Crippen LogP contribution in [0.3, 0.4) is 0 Å². The number of aliphatic carboxylic acids is 1. The number of benzene rings is 1. The molecule has 3 nitrogen and oxygen atoms in total. The van der Waals surface area contributed by atoms with Crippen LogP contribution in [0.4, 0.5) is 0 Å². The molecule has 0 amide bonds. The number of aryl methyl sites for hydroxylation is 1. The van der Waals surface area contributed by atoms with Gasteiger partial charge in [0.25, 0.3) is 0 Å². The highest BCUT2D eigenvalue weighted by Gasteiger charge is 2.11. The monoisotopic (exact) mass is 289 g/mol. The van der Waals surface area contributed by atoms with Crippen molar-refractivity contribution < 1.29 is 9.90 Å². The zero-order chi connectivity index (χ0) is 14.9. The van der Waals surface area contributed by atoms with Crippen molar-refractivity contribution in [2.24, 2.45) is 0 Å². The minimum Gasteiger partial charge on any atom is -0.478 e. The van der Waals surface area contributed by atoms with Gasteiger partial charge in [-0.15, -0.1) is 0 Å². The lowest BCUT2D eigenvalue weighted by Crippen LogP contribution is -1.99. The Hall–Kier alpha value is -2.00. The lowest BCUT2D eigenvalue weighted by molar-refractivity contribution is -0.132. The molecule has 1 N–H and O–H groups in total. The molecule has 0 atom stereocenters. The van der Waals surface area contributed by atoms with Crippen molar-refractivity contribution in [2.45, 2.75) is 20.8 Å². The summed E-state index contributed by atoms with van der Waals surface area (Å²) < 4.78 is 2.06. The maximum Gasteiger partial charge on any atom is 0.331 e. The summed E-state index contributed by atoms with van der Waals surface area (Å²) in [5.74, 6) is -0.905. The number of aromatic nitrogens is 1. The predicted molar refractivity (Wildman–Crippen MR) is 81.5 cm³/mol. The summed E-state index contributed by atoms with van der Waals surface area (Å²) in [6.07, 6.45) is 1.69. The Bertz CT molecular complexity index is 698. The van der Waals surface area contributed by atoms with Gasteiger partial charge < -0.3 is 9.67 Å².